The molecular weight excluding hydrogens is 717 g/mol. The van der Waals surface area contributed by atoms with Crippen molar-refractivity contribution < 1.29 is 19.5 Å². The van der Waals surface area contributed by atoms with Gasteiger partial charge in [0, 0.05) is 93.1 Å². The smallest absolute Gasteiger partial charge is 0.169 e. The number of carbonyl (C=O) groups excluding carboxylic acids is 3. The highest BCUT2D eigenvalue weighted by Crippen LogP contribution is 2.49. The van der Waals surface area contributed by atoms with Crippen LogP contribution < -0.4 is 0 Å². The van der Waals surface area contributed by atoms with Gasteiger partial charge in [-0.3, -0.25) is 29.3 Å². The molecular formula is C42H32Cl3N3O4. The zero-order valence-corrected chi connectivity index (χ0v) is 29.9. The molecule has 3 aromatic carbocycles. The summed E-state index contributed by atoms with van der Waals surface area (Å²) in [6, 6.07) is 29.7. The molecule has 260 valence electrons. The molecule has 5 unspecified atom stereocenters. The Kier molecular flexibility index (Phi) is 12.0. The number of carbonyl (C=O) groups is 3. The van der Waals surface area contributed by atoms with E-state index in [1.807, 2.05) is 0 Å². The number of Topliss-reactive ketones (excluding diaryl/α,β-unsaturated/α-hetero) is 3. The third kappa shape index (κ3) is 8.52. The first-order chi connectivity index (χ1) is 25.2. The SMILES string of the molecule is O=C(CC(c1ccncc1)C(C(=O)c1ccc(Cl)cc1)C(c1ccncc1)C(C(=O)c1ccc(Cl)cc1)C(O)c1ccncc1)c1ccc(Cl)cc1. The molecule has 0 aliphatic carbocycles. The molecule has 0 saturated carbocycles. The topological polar surface area (TPSA) is 110 Å². The fraction of sp³-hybridized carbons (Fsp3) is 0.143. The van der Waals surface area contributed by atoms with Crippen LogP contribution in [0.25, 0.3) is 0 Å². The largest absolute Gasteiger partial charge is 0.388 e. The van der Waals surface area contributed by atoms with Crippen molar-refractivity contribution in [2.75, 3.05) is 0 Å². The molecule has 0 saturated heterocycles. The zero-order valence-electron chi connectivity index (χ0n) is 27.6. The number of hydrogen-bond donors (Lipinski definition) is 1. The number of aromatic nitrogens is 3. The van der Waals surface area contributed by atoms with Gasteiger partial charge in [-0.2, -0.15) is 0 Å². The van der Waals surface area contributed by atoms with E-state index in [1.165, 1.54) is 12.4 Å². The molecule has 10 heteroatoms. The highest BCUT2D eigenvalue weighted by atomic mass is 35.5. The van der Waals surface area contributed by atoms with Crippen LogP contribution in [0.3, 0.4) is 0 Å². The van der Waals surface area contributed by atoms with Gasteiger partial charge in [0.25, 0.3) is 0 Å². The molecule has 0 radical (unpaired) electrons. The molecule has 0 spiro atoms. The lowest BCUT2D eigenvalue weighted by Crippen LogP contribution is -2.39. The number of benzene rings is 3. The summed E-state index contributed by atoms with van der Waals surface area (Å²) in [6.45, 7) is 0. The van der Waals surface area contributed by atoms with Gasteiger partial charge in [-0.1, -0.05) is 34.8 Å². The highest BCUT2D eigenvalue weighted by molar-refractivity contribution is 6.31. The van der Waals surface area contributed by atoms with Crippen LogP contribution in [0.2, 0.25) is 15.1 Å². The summed E-state index contributed by atoms with van der Waals surface area (Å²) in [5.74, 6) is -5.17. The van der Waals surface area contributed by atoms with Crippen LogP contribution in [-0.4, -0.2) is 37.4 Å². The van der Waals surface area contributed by atoms with Crippen molar-refractivity contribution in [3.63, 3.8) is 0 Å². The third-order valence-electron chi connectivity index (χ3n) is 9.25. The van der Waals surface area contributed by atoms with Gasteiger partial charge in [-0.05, 0) is 126 Å². The van der Waals surface area contributed by atoms with Crippen LogP contribution in [-0.2, 0) is 0 Å². The van der Waals surface area contributed by atoms with Crippen molar-refractivity contribution in [1.82, 2.24) is 15.0 Å². The standard InChI is InChI=1S/C42H32Cl3N3O4/c43-32-7-1-27(2-8-32)36(49)25-35(26-13-19-46-20-14-26)38(40(50)29-3-9-33(44)10-4-29)37(28-15-21-47-22-16-28)39(42(52)31-17-23-48-24-18-31)41(51)30-5-11-34(45)12-6-30/h1-24,35,37-39,42,52H,25H2. The summed E-state index contributed by atoms with van der Waals surface area (Å²) in [7, 11) is 0. The lowest BCUT2D eigenvalue weighted by atomic mass is 9.63. The summed E-state index contributed by atoms with van der Waals surface area (Å²) in [4.78, 5) is 57.0. The van der Waals surface area contributed by atoms with Gasteiger partial charge in [0.2, 0.25) is 0 Å². The number of aliphatic hydroxyl groups is 1. The molecule has 6 aromatic rings. The van der Waals surface area contributed by atoms with Gasteiger partial charge >= 0.3 is 0 Å². The number of rotatable bonds is 14. The predicted molar refractivity (Wildman–Crippen MR) is 202 cm³/mol. The average Bonchev–Trinajstić information content (AvgIpc) is 3.18. The minimum absolute atomic E-state index is 0.121. The first kappa shape index (κ1) is 36.7. The first-order valence-corrected chi connectivity index (χ1v) is 17.6. The van der Waals surface area contributed by atoms with E-state index in [4.69, 9.17) is 34.8 Å². The number of pyridine rings is 3. The average molecular weight is 749 g/mol. The molecule has 7 nitrogen and oxygen atoms in total. The van der Waals surface area contributed by atoms with Crippen molar-refractivity contribution in [3.8, 4) is 0 Å². The molecule has 0 bridgehead atoms. The Morgan fingerprint density at radius 3 is 1.29 bits per heavy atom. The second-order valence-corrected chi connectivity index (χ2v) is 13.7. The molecule has 6 rings (SSSR count). The minimum Gasteiger partial charge on any atom is -0.388 e. The Morgan fingerprint density at radius 1 is 0.481 bits per heavy atom. The summed E-state index contributed by atoms with van der Waals surface area (Å²) < 4.78 is 0. The molecule has 0 aliphatic heterocycles. The molecule has 0 aliphatic rings. The van der Waals surface area contributed by atoms with Crippen molar-refractivity contribution >= 4 is 52.2 Å². The molecule has 52 heavy (non-hydrogen) atoms. The van der Waals surface area contributed by atoms with Crippen molar-refractivity contribution in [2.24, 2.45) is 11.8 Å². The summed E-state index contributed by atoms with van der Waals surface area (Å²) >= 11 is 18.7. The van der Waals surface area contributed by atoms with E-state index >= 15 is 4.79 Å². The quantitative estimate of drug-likeness (QED) is 0.111. The fourth-order valence-corrected chi connectivity index (χ4v) is 7.10. The maximum atomic E-state index is 15.3. The van der Waals surface area contributed by atoms with Crippen molar-refractivity contribution in [2.45, 2.75) is 24.4 Å². The molecule has 3 aromatic heterocycles. The van der Waals surface area contributed by atoms with Gasteiger partial charge < -0.3 is 5.11 Å². The Balaban J connectivity index is 1.63. The van der Waals surface area contributed by atoms with Crippen molar-refractivity contribution in [3.05, 3.63) is 195 Å². The molecule has 0 fully saturated rings. The second-order valence-electron chi connectivity index (χ2n) is 12.3. The number of ketones is 3. The Bertz CT molecular complexity index is 2120. The van der Waals surface area contributed by atoms with E-state index in [9.17, 15) is 14.7 Å². The van der Waals surface area contributed by atoms with Gasteiger partial charge in [0.05, 0.1) is 12.0 Å². The molecule has 5 atom stereocenters. The third-order valence-corrected chi connectivity index (χ3v) is 10.0. The maximum absolute atomic E-state index is 15.3. The van der Waals surface area contributed by atoms with Crippen LogP contribution in [0.1, 0.15) is 72.1 Å². The fourth-order valence-electron chi connectivity index (χ4n) is 6.72. The minimum atomic E-state index is -1.41. The van der Waals surface area contributed by atoms with Gasteiger partial charge in [-0.15, -0.1) is 0 Å². The highest BCUT2D eigenvalue weighted by Gasteiger charge is 2.47. The lowest BCUT2D eigenvalue weighted by molar-refractivity contribution is 0.0493. The lowest BCUT2D eigenvalue weighted by Gasteiger charge is -2.39. The molecule has 0 amide bonds. The summed E-state index contributed by atoms with van der Waals surface area (Å²) in [6.07, 6.45) is 7.89. The number of nitrogens with zero attached hydrogens (tertiary/aromatic N) is 3. The second kappa shape index (κ2) is 17.0. The first-order valence-electron chi connectivity index (χ1n) is 16.5. The van der Waals surface area contributed by atoms with E-state index in [0.29, 0.717) is 42.9 Å². The van der Waals surface area contributed by atoms with Gasteiger partial charge in [0.1, 0.15) is 0 Å². The van der Waals surface area contributed by atoms with Crippen LogP contribution in [0.15, 0.2) is 146 Å². The zero-order chi connectivity index (χ0) is 36.6. The summed E-state index contributed by atoms with van der Waals surface area (Å²) in [5.41, 5.74) is 2.67. The van der Waals surface area contributed by atoms with Crippen LogP contribution in [0, 0.1) is 11.8 Å². The predicted octanol–water partition coefficient (Wildman–Crippen LogP) is 9.70. The molecule has 3 heterocycles. The van der Waals surface area contributed by atoms with Crippen LogP contribution in [0.5, 0.6) is 0 Å². The molecule has 1 N–H and O–H groups in total. The van der Waals surface area contributed by atoms with E-state index in [1.54, 1.807) is 134 Å². The van der Waals surface area contributed by atoms with E-state index in [-0.39, 0.29) is 23.6 Å². The monoisotopic (exact) mass is 747 g/mol. The maximum Gasteiger partial charge on any atom is 0.169 e. The Hall–Kier alpha value is -5.05. The van der Waals surface area contributed by atoms with Crippen LogP contribution >= 0.6 is 34.8 Å². The van der Waals surface area contributed by atoms with E-state index < -0.39 is 35.6 Å². The summed E-state index contributed by atoms with van der Waals surface area (Å²) in [5, 5.41) is 13.7. The van der Waals surface area contributed by atoms with Crippen LogP contribution in [0.4, 0.5) is 0 Å². The van der Waals surface area contributed by atoms with Gasteiger partial charge in [-0.25, -0.2) is 0 Å². The van der Waals surface area contributed by atoms with E-state index in [0.717, 1.165) is 0 Å². The Morgan fingerprint density at radius 2 is 0.846 bits per heavy atom. The Labute approximate surface area is 316 Å². The van der Waals surface area contributed by atoms with E-state index in [2.05, 4.69) is 15.0 Å². The normalized spacial score (nSPS) is 14.1. The number of halogens is 3. The number of aliphatic hydroxyl groups excluding tert-OH is 1. The number of hydrogen-bond acceptors (Lipinski definition) is 7. The van der Waals surface area contributed by atoms with Crippen molar-refractivity contribution in [1.29, 1.82) is 0 Å². The van der Waals surface area contributed by atoms with Gasteiger partial charge in [0.15, 0.2) is 17.3 Å².